The van der Waals surface area contributed by atoms with E-state index in [2.05, 4.69) is 15.5 Å². The first-order valence-electron chi connectivity index (χ1n) is 7.61. The summed E-state index contributed by atoms with van der Waals surface area (Å²) in [6, 6.07) is 9.24. The Morgan fingerprint density at radius 2 is 2.04 bits per heavy atom. The molecule has 0 saturated carbocycles. The van der Waals surface area contributed by atoms with Crippen molar-refractivity contribution in [3.05, 3.63) is 46.2 Å². The highest BCUT2D eigenvalue weighted by Crippen LogP contribution is 2.29. The molecule has 1 atom stereocenters. The molecular weight excluding hydrogens is 333 g/mol. The van der Waals surface area contributed by atoms with Gasteiger partial charge in [-0.25, -0.2) is 0 Å². The third-order valence-corrected chi connectivity index (χ3v) is 4.70. The van der Waals surface area contributed by atoms with Gasteiger partial charge in [-0.2, -0.15) is 9.61 Å². The lowest BCUT2D eigenvalue weighted by Gasteiger charge is -2.20. The summed E-state index contributed by atoms with van der Waals surface area (Å²) in [5.41, 5.74) is 2.38. The average molecular weight is 348 g/mol. The van der Waals surface area contributed by atoms with Gasteiger partial charge in [0.2, 0.25) is 0 Å². The quantitative estimate of drug-likeness (QED) is 0.769. The van der Waals surface area contributed by atoms with E-state index in [4.69, 9.17) is 28.3 Å². The second-order valence-corrected chi connectivity index (χ2v) is 6.56. The Bertz CT molecular complexity index is 855. The lowest BCUT2D eigenvalue weighted by molar-refractivity contribution is 0.440. The van der Waals surface area contributed by atoms with Gasteiger partial charge in [0.25, 0.3) is 0 Å². The normalized spacial score (nSPS) is 18.4. The molecule has 1 aliphatic rings. The molecule has 1 fully saturated rings. The molecule has 0 amide bonds. The van der Waals surface area contributed by atoms with Crippen molar-refractivity contribution < 1.29 is 0 Å². The van der Waals surface area contributed by atoms with E-state index in [0.717, 1.165) is 48.7 Å². The van der Waals surface area contributed by atoms with Gasteiger partial charge in [0.15, 0.2) is 11.5 Å². The number of nitrogens with one attached hydrogen (secondary N) is 1. The third kappa shape index (κ3) is 2.80. The first-order valence-corrected chi connectivity index (χ1v) is 8.36. The number of rotatable bonds is 2. The van der Waals surface area contributed by atoms with E-state index in [9.17, 15) is 0 Å². The van der Waals surface area contributed by atoms with Crippen LogP contribution < -0.4 is 5.32 Å². The number of aromatic nitrogens is 4. The van der Waals surface area contributed by atoms with Crippen LogP contribution in [-0.4, -0.2) is 32.9 Å². The van der Waals surface area contributed by atoms with Gasteiger partial charge in [0, 0.05) is 23.0 Å². The summed E-state index contributed by atoms with van der Waals surface area (Å²) < 4.78 is 1.83. The molecule has 0 aliphatic carbocycles. The fourth-order valence-corrected chi connectivity index (χ4v) is 3.48. The van der Waals surface area contributed by atoms with Crippen LogP contribution in [0, 0.1) is 0 Å². The molecule has 2 aromatic heterocycles. The molecule has 23 heavy (non-hydrogen) atoms. The first kappa shape index (κ1) is 14.9. The maximum Gasteiger partial charge on any atom is 0.177 e. The molecule has 1 N–H and O–H groups in total. The lowest BCUT2D eigenvalue weighted by Crippen LogP contribution is -2.29. The summed E-state index contributed by atoms with van der Waals surface area (Å²) >= 11 is 12.3. The number of hydrogen-bond donors (Lipinski definition) is 1. The third-order valence-electron chi connectivity index (χ3n) is 4.16. The zero-order chi connectivity index (χ0) is 15.8. The van der Waals surface area contributed by atoms with Crippen molar-refractivity contribution in [2.45, 2.75) is 18.8 Å². The SMILES string of the molecule is Clc1ccc(-c2ccc3nnc([C@@H]4CCCNC4)n3n2)c(Cl)c1. The number of piperidine rings is 1. The minimum absolute atomic E-state index is 0.335. The van der Waals surface area contributed by atoms with Crippen LogP contribution in [0.15, 0.2) is 30.3 Å². The molecule has 118 valence electrons. The standard InChI is InChI=1S/C16H15Cl2N5/c17-11-3-4-12(13(18)8-11)14-5-6-15-20-21-16(23(15)22-14)10-2-1-7-19-9-10/h3-6,8,10,19H,1-2,7,9H2/t10-/m1/s1. The summed E-state index contributed by atoms with van der Waals surface area (Å²) in [4.78, 5) is 0. The smallest absolute Gasteiger partial charge is 0.177 e. The summed E-state index contributed by atoms with van der Waals surface area (Å²) in [6.07, 6.45) is 2.24. The van der Waals surface area contributed by atoms with Crippen molar-refractivity contribution in [2.24, 2.45) is 0 Å². The van der Waals surface area contributed by atoms with Crippen LogP contribution in [-0.2, 0) is 0 Å². The average Bonchev–Trinajstić information content (AvgIpc) is 2.99. The minimum atomic E-state index is 0.335. The zero-order valence-electron chi connectivity index (χ0n) is 12.3. The molecule has 0 bridgehead atoms. The van der Waals surface area contributed by atoms with Gasteiger partial charge in [0.05, 0.1) is 10.7 Å². The Balaban J connectivity index is 1.80. The molecule has 7 heteroatoms. The highest BCUT2D eigenvalue weighted by molar-refractivity contribution is 6.36. The van der Waals surface area contributed by atoms with Gasteiger partial charge in [0.1, 0.15) is 0 Å². The molecule has 0 radical (unpaired) electrons. The highest BCUT2D eigenvalue weighted by atomic mass is 35.5. The van der Waals surface area contributed by atoms with Crippen LogP contribution in [0.3, 0.4) is 0 Å². The van der Waals surface area contributed by atoms with Gasteiger partial charge in [-0.1, -0.05) is 23.2 Å². The van der Waals surface area contributed by atoms with E-state index >= 15 is 0 Å². The number of fused-ring (bicyclic) bond motifs is 1. The van der Waals surface area contributed by atoms with E-state index in [0.29, 0.717) is 16.0 Å². The van der Waals surface area contributed by atoms with Crippen LogP contribution in [0.1, 0.15) is 24.6 Å². The Morgan fingerprint density at radius 3 is 2.83 bits per heavy atom. The Morgan fingerprint density at radius 1 is 1.13 bits per heavy atom. The molecule has 4 rings (SSSR count). The zero-order valence-corrected chi connectivity index (χ0v) is 13.8. The molecule has 3 heterocycles. The van der Waals surface area contributed by atoms with E-state index < -0.39 is 0 Å². The predicted octanol–water partition coefficient (Wildman–Crippen LogP) is 3.57. The van der Waals surface area contributed by atoms with E-state index in [1.54, 1.807) is 6.07 Å². The van der Waals surface area contributed by atoms with Crippen molar-refractivity contribution in [3.8, 4) is 11.3 Å². The van der Waals surface area contributed by atoms with Crippen molar-refractivity contribution in [2.75, 3.05) is 13.1 Å². The van der Waals surface area contributed by atoms with E-state index in [-0.39, 0.29) is 0 Å². The van der Waals surface area contributed by atoms with Crippen LogP contribution in [0.2, 0.25) is 10.0 Å². The number of hydrogen-bond acceptors (Lipinski definition) is 4. The Hall–Kier alpha value is -1.69. The van der Waals surface area contributed by atoms with Crippen molar-refractivity contribution in [3.63, 3.8) is 0 Å². The molecule has 3 aromatic rings. The van der Waals surface area contributed by atoms with Crippen LogP contribution >= 0.6 is 23.2 Å². The van der Waals surface area contributed by atoms with Gasteiger partial charge in [-0.15, -0.1) is 10.2 Å². The summed E-state index contributed by atoms with van der Waals surface area (Å²) in [5, 5.41) is 17.9. The Kier molecular flexibility index (Phi) is 3.93. The molecule has 1 aromatic carbocycles. The molecule has 5 nitrogen and oxygen atoms in total. The topological polar surface area (TPSA) is 55.1 Å². The van der Waals surface area contributed by atoms with Crippen LogP contribution in [0.4, 0.5) is 0 Å². The largest absolute Gasteiger partial charge is 0.316 e. The maximum absolute atomic E-state index is 6.30. The van der Waals surface area contributed by atoms with Crippen molar-refractivity contribution in [1.29, 1.82) is 0 Å². The second kappa shape index (κ2) is 6.07. The molecule has 0 unspecified atom stereocenters. The monoisotopic (exact) mass is 347 g/mol. The van der Waals surface area contributed by atoms with E-state index in [1.807, 2.05) is 28.8 Å². The van der Waals surface area contributed by atoms with Gasteiger partial charge >= 0.3 is 0 Å². The maximum atomic E-state index is 6.30. The van der Waals surface area contributed by atoms with Crippen LogP contribution in [0.5, 0.6) is 0 Å². The molecule has 0 spiro atoms. The summed E-state index contributed by atoms with van der Waals surface area (Å²) in [5.74, 6) is 1.24. The first-order chi connectivity index (χ1) is 11.2. The fraction of sp³-hybridized carbons (Fsp3) is 0.312. The van der Waals surface area contributed by atoms with Gasteiger partial charge in [-0.05, 0) is 49.7 Å². The summed E-state index contributed by atoms with van der Waals surface area (Å²) in [6.45, 7) is 1.97. The summed E-state index contributed by atoms with van der Waals surface area (Å²) in [7, 11) is 0. The predicted molar refractivity (Wildman–Crippen MR) is 91.1 cm³/mol. The minimum Gasteiger partial charge on any atom is -0.316 e. The number of halogens is 2. The Labute approximate surface area is 143 Å². The van der Waals surface area contributed by atoms with Crippen molar-refractivity contribution in [1.82, 2.24) is 25.1 Å². The number of benzene rings is 1. The van der Waals surface area contributed by atoms with E-state index in [1.165, 1.54) is 0 Å². The highest BCUT2D eigenvalue weighted by Gasteiger charge is 2.21. The lowest BCUT2D eigenvalue weighted by atomic mass is 9.99. The van der Waals surface area contributed by atoms with Gasteiger partial charge in [-0.3, -0.25) is 0 Å². The molecule has 1 aliphatic heterocycles. The second-order valence-electron chi connectivity index (χ2n) is 5.71. The molecular formula is C16H15Cl2N5. The number of nitrogens with zero attached hydrogens (tertiary/aromatic N) is 4. The fourth-order valence-electron chi connectivity index (χ4n) is 2.97. The molecule has 1 saturated heterocycles. The van der Waals surface area contributed by atoms with Gasteiger partial charge < -0.3 is 5.32 Å². The van der Waals surface area contributed by atoms with Crippen LogP contribution in [0.25, 0.3) is 16.9 Å². The van der Waals surface area contributed by atoms with Crippen molar-refractivity contribution >= 4 is 28.8 Å².